The van der Waals surface area contributed by atoms with Crippen LogP contribution in [0.25, 0.3) is 44.7 Å². The van der Waals surface area contributed by atoms with E-state index in [9.17, 15) is 0 Å². The molecule has 12 aromatic heterocycles. The molecule has 84 heavy (non-hydrogen) atoms. The Hall–Kier alpha value is -9.27. The third kappa shape index (κ3) is 13.8. The molecule has 0 unspecified atom stereocenters. The lowest BCUT2D eigenvalue weighted by atomic mass is 9.89. The summed E-state index contributed by atoms with van der Waals surface area (Å²) in [5.41, 5.74) is 49.3. The number of imidazole rings is 3. The van der Waals surface area contributed by atoms with Gasteiger partial charge in [-0.25, -0.2) is 38.9 Å². The molecule has 0 amide bonds. The van der Waals surface area contributed by atoms with Gasteiger partial charge in [0.25, 0.3) is 0 Å². The van der Waals surface area contributed by atoms with Crippen molar-refractivity contribution in [1.82, 2.24) is 72.3 Å². The molecule has 0 atom stereocenters. The molecule has 0 saturated heterocycles. The minimum Gasteiger partial charge on any atom is -0.398 e. The number of aromatic nitrogens is 15. The number of fused-ring (bicyclic) bond motifs is 6. The van der Waals surface area contributed by atoms with Gasteiger partial charge in [0.05, 0.1) is 58.9 Å². The smallest absolute Gasteiger partial charge is 0.177 e. The summed E-state index contributed by atoms with van der Waals surface area (Å²) in [5, 5.41) is 13.8. The monoisotopic (exact) mass is 1140 g/mol. The van der Waals surface area contributed by atoms with E-state index in [1.54, 1.807) is 64.5 Å². The van der Waals surface area contributed by atoms with E-state index >= 15 is 0 Å². The summed E-state index contributed by atoms with van der Waals surface area (Å²) in [6.45, 7) is 38.6. The van der Waals surface area contributed by atoms with Crippen LogP contribution in [-0.2, 0) is 32.7 Å². The predicted octanol–water partition coefficient (Wildman–Crippen LogP) is 11.8. The normalized spacial score (nSPS) is 12.2. The van der Waals surface area contributed by atoms with Crippen LogP contribution in [0, 0.1) is 0 Å². The van der Waals surface area contributed by atoms with Gasteiger partial charge < -0.3 is 47.9 Å². The molecule has 0 saturated carbocycles. The number of anilines is 6. The van der Waals surface area contributed by atoms with Gasteiger partial charge in [0, 0.05) is 98.7 Å². The Balaban J connectivity index is 0.000000145. The highest BCUT2D eigenvalue weighted by atomic mass is 15.3. The summed E-state index contributed by atoms with van der Waals surface area (Å²) in [6, 6.07) is 18.8. The molecule has 0 fully saturated rings. The third-order valence-corrected chi connectivity index (χ3v) is 13.7. The number of hydrogen-bond donors (Lipinski definition) is 6. The first-order chi connectivity index (χ1) is 39.0. The number of hydrogen-bond acceptors (Lipinski definition) is 15. The van der Waals surface area contributed by atoms with Crippen molar-refractivity contribution in [3.05, 3.63) is 152 Å². The molecule has 21 heteroatoms. The van der Waals surface area contributed by atoms with Gasteiger partial charge in [0.15, 0.2) is 22.6 Å². The van der Waals surface area contributed by atoms with E-state index in [2.05, 4.69) is 185 Å². The van der Waals surface area contributed by atoms with Gasteiger partial charge >= 0.3 is 0 Å². The molecule has 0 aliphatic rings. The Bertz CT molecular complexity index is 3480. The molecular weight excluding hydrogens is 1050 g/mol. The van der Waals surface area contributed by atoms with E-state index in [0.717, 1.165) is 73.0 Å². The predicted molar refractivity (Wildman–Crippen MR) is 345 cm³/mol. The maximum atomic E-state index is 5.86. The van der Waals surface area contributed by atoms with Crippen LogP contribution in [0.1, 0.15) is 147 Å². The van der Waals surface area contributed by atoms with Crippen LogP contribution in [0.4, 0.5) is 34.3 Å². The van der Waals surface area contributed by atoms with Gasteiger partial charge in [-0.05, 0) is 108 Å². The van der Waals surface area contributed by atoms with Crippen LogP contribution in [0.5, 0.6) is 0 Å². The quantitative estimate of drug-likeness (QED) is 0.0822. The van der Waals surface area contributed by atoms with Gasteiger partial charge in [-0.15, -0.1) is 0 Å². The van der Waals surface area contributed by atoms with Crippen LogP contribution in [0.2, 0.25) is 0 Å². The first-order valence-corrected chi connectivity index (χ1v) is 27.9. The van der Waals surface area contributed by atoms with Gasteiger partial charge in [0.1, 0.15) is 17.0 Å². The van der Waals surface area contributed by atoms with Crippen molar-refractivity contribution in [1.29, 1.82) is 0 Å². The highest BCUT2D eigenvalue weighted by Gasteiger charge is 2.24. The molecule has 21 nitrogen and oxygen atoms in total. The SMILES string of the molecule is CC(C)(C)c1ccc2c(N)ccnn12.CC(C)(C)c1cnc2c(N)cccn12.CC(C)(C)c1cnc2c(N)ccnn12.CC(C)(C)c1cnn2c(N)ccnc12.CC(C)(C)n1ccc2c(N)ccnc21.CC(C)(C)n1cnc2c(N)ccnc21. The number of nitrogen functional groups attached to an aromatic ring is 6. The summed E-state index contributed by atoms with van der Waals surface area (Å²) < 4.78 is 11.6. The average molecular weight is 1140 g/mol. The molecule has 0 aliphatic carbocycles. The minimum atomic E-state index is -0.0183. The molecule has 12 heterocycles. The molecule has 12 rings (SSSR count). The Labute approximate surface area is 492 Å². The van der Waals surface area contributed by atoms with Crippen molar-refractivity contribution in [3.8, 4) is 0 Å². The molecule has 12 aromatic rings. The minimum absolute atomic E-state index is 0.0183. The highest BCUT2D eigenvalue weighted by Crippen LogP contribution is 2.30. The summed E-state index contributed by atoms with van der Waals surface area (Å²) >= 11 is 0. The number of pyridine rings is 3. The maximum Gasteiger partial charge on any atom is 0.177 e. The van der Waals surface area contributed by atoms with E-state index in [-0.39, 0.29) is 32.7 Å². The van der Waals surface area contributed by atoms with Crippen LogP contribution < -0.4 is 34.4 Å². The molecule has 0 aliphatic heterocycles. The summed E-state index contributed by atoms with van der Waals surface area (Å²) in [4.78, 5) is 25.8. The molecule has 0 bridgehead atoms. The lowest BCUT2D eigenvalue weighted by Gasteiger charge is -2.21. The van der Waals surface area contributed by atoms with Gasteiger partial charge in [-0.3, -0.25) is 0 Å². The number of rotatable bonds is 0. The first-order valence-electron chi connectivity index (χ1n) is 27.9. The summed E-state index contributed by atoms with van der Waals surface area (Å²) in [5.74, 6) is 0.616. The second-order valence-electron chi connectivity index (χ2n) is 26.8. The summed E-state index contributed by atoms with van der Waals surface area (Å²) in [6.07, 6.45) is 20.0. The Morgan fingerprint density at radius 2 is 0.893 bits per heavy atom. The number of nitrogens with zero attached hydrogens (tertiary/aromatic N) is 15. The van der Waals surface area contributed by atoms with E-state index in [1.807, 2.05) is 76.5 Å². The van der Waals surface area contributed by atoms with E-state index in [0.29, 0.717) is 17.2 Å². The fourth-order valence-corrected chi connectivity index (χ4v) is 9.08. The van der Waals surface area contributed by atoms with Crippen LogP contribution >= 0.6 is 0 Å². The maximum absolute atomic E-state index is 5.86. The molecular formula is C63H87N21. The van der Waals surface area contributed by atoms with Crippen molar-refractivity contribution in [3.63, 3.8) is 0 Å². The zero-order chi connectivity index (χ0) is 62.1. The zero-order valence-electron chi connectivity index (χ0n) is 52.3. The third-order valence-electron chi connectivity index (χ3n) is 13.7. The fourth-order valence-electron chi connectivity index (χ4n) is 9.08. The van der Waals surface area contributed by atoms with Gasteiger partial charge in [0.2, 0.25) is 0 Å². The Kier molecular flexibility index (Phi) is 17.5. The highest BCUT2D eigenvalue weighted by molar-refractivity contribution is 5.88. The fraction of sp³-hybridized carbons (Fsp3) is 0.381. The molecule has 0 spiro atoms. The first kappa shape index (κ1) is 62.3. The molecule has 0 aromatic carbocycles. The second kappa shape index (κ2) is 23.5. The van der Waals surface area contributed by atoms with Crippen LogP contribution in [0.3, 0.4) is 0 Å². The lowest BCUT2D eigenvalue weighted by Crippen LogP contribution is -2.20. The summed E-state index contributed by atoms with van der Waals surface area (Å²) in [7, 11) is 0. The van der Waals surface area contributed by atoms with E-state index in [4.69, 9.17) is 34.4 Å². The molecule has 444 valence electrons. The van der Waals surface area contributed by atoms with Crippen LogP contribution in [-0.4, -0.2) is 72.3 Å². The van der Waals surface area contributed by atoms with Crippen molar-refractivity contribution in [2.45, 2.75) is 157 Å². The lowest BCUT2D eigenvalue weighted by molar-refractivity contribution is 0.406. The standard InChI is InChI=1S/3C11H15N3.3C10H14N4/c1-11(2,3)14-7-5-8-9(12)4-6-13-10(8)14;1-11(2,3)10-5-4-9-8(12)6-7-13-14(9)10;1-11(2,3)9-7-13-10-8(12)5-4-6-14(9)10;1-10(2,3)7-6-13-14-8(11)4-5-12-9(7)14;1-10(2,3)14-6-13-8-7(11)4-5-12-9(8)14;1-10(2,3)8-6-12-9-7(11)4-5-13-14(8)9/h4-7H,1-3H3,(H2,12,13);2*4-7H,12H2,1-3H3;4-6H,11H2,1-3H3;4-6H,1-3H3,(H2,11,12);4-6H,11H2,1-3H3. The van der Waals surface area contributed by atoms with Crippen molar-refractivity contribution >= 4 is 78.9 Å². The van der Waals surface area contributed by atoms with Crippen molar-refractivity contribution in [2.24, 2.45) is 0 Å². The molecule has 12 N–H and O–H groups in total. The second-order valence-corrected chi connectivity index (χ2v) is 26.8. The van der Waals surface area contributed by atoms with E-state index < -0.39 is 0 Å². The molecule has 0 radical (unpaired) electrons. The van der Waals surface area contributed by atoms with Gasteiger partial charge in [-0.2, -0.15) is 19.8 Å². The topological polar surface area (TPSA) is 300 Å². The number of nitrogens with two attached hydrogens (primary N) is 6. The zero-order valence-corrected chi connectivity index (χ0v) is 52.3. The van der Waals surface area contributed by atoms with Gasteiger partial charge in [-0.1, -0.05) is 83.1 Å². The Morgan fingerprint density at radius 1 is 0.357 bits per heavy atom. The average Bonchev–Trinajstić information content (AvgIpc) is 2.95. The Morgan fingerprint density at radius 3 is 1.51 bits per heavy atom. The van der Waals surface area contributed by atoms with Crippen molar-refractivity contribution < 1.29 is 0 Å². The van der Waals surface area contributed by atoms with E-state index in [1.165, 1.54) is 11.4 Å². The van der Waals surface area contributed by atoms with Crippen molar-refractivity contribution in [2.75, 3.05) is 34.4 Å². The van der Waals surface area contributed by atoms with Crippen LogP contribution in [0.15, 0.2) is 129 Å². The largest absolute Gasteiger partial charge is 0.398 e.